The van der Waals surface area contributed by atoms with Crippen molar-refractivity contribution in [2.45, 2.75) is 26.6 Å². The minimum atomic E-state index is -4.43. The molecule has 1 N–H and O–H groups in total. The number of nitrogens with zero attached hydrogens (tertiary/aromatic N) is 2. The van der Waals surface area contributed by atoms with Crippen LogP contribution in [0.4, 0.5) is 13.2 Å². The summed E-state index contributed by atoms with van der Waals surface area (Å²) in [6, 6.07) is 9.77. The zero-order valence-corrected chi connectivity index (χ0v) is 16.8. The number of carbonyl (C=O) groups excluding carboxylic acids is 1. The van der Waals surface area contributed by atoms with Gasteiger partial charge in [-0.2, -0.15) is 23.5 Å². The van der Waals surface area contributed by atoms with Crippen molar-refractivity contribution >= 4 is 5.97 Å². The number of nitrogens with one attached hydrogen (secondary N) is 1. The zero-order valence-electron chi connectivity index (χ0n) is 16.8. The number of esters is 1. The molecule has 0 spiro atoms. The van der Waals surface area contributed by atoms with E-state index in [4.69, 9.17) is 14.2 Å². The maximum atomic E-state index is 12.9. The monoisotopic (exact) mass is 435 g/mol. The van der Waals surface area contributed by atoms with E-state index in [0.717, 1.165) is 12.1 Å². The number of rotatable bonds is 8. The van der Waals surface area contributed by atoms with Gasteiger partial charge in [0.2, 0.25) is 0 Å². The summed E-state index contributed by atoms with van der Waals surface area (Å²) in [5.41, 5.74) is 0.464. The molecule has 0 amide bonds. The lowest BCUT2D eigenvalue weighted by atomic mass is 10.1. The van der Waals surface area contributed by atoms with Crippen molar-refractivity contribution in [3.63, 3.8) is 0 Å². The number of alkyl halides is 3. The third-order valence-corrected chi connectivity index (χ3v) is 4.18. The van der Waals surface area contributed by atoms with Gasteiger partial charge in [0.15, 0.2) is 17.2 Å². The smallest absolute Gasteiger partial charge is 0.416 e. The van der Waals surface area contributed by atoms with E-state index in [1.807, 2.05) is 0 Å². The van der Waals surface area contributed by atoms with Gasteiger partial charge >= 0.3 is 12.1 Å². The van der Waals surface area contributed by atoms with Crippen LogP contribution in [0.5, 0.6) is 11.5 Å². The first-order valence-electron chi connectivity index (χ1n) is 9.47. The molecule has 0 radical (unpaired) electrons. The second-order valence-corrected chi connectivity index (χ2v) is 6.32. The molecule has 7 nitrogen and oxygen atoms in total. The number of benzene rings is 2. The molecule has 31 heavy (non-hydrogen) atoms. The summed E-state index contributed by atoms with van der Waals surface area (Å²) in [7, 11) is 0. The van der Waals surface area contributed by atoms with Gasteiger partial charge in [-0.1, -0.05) is 12.1 Å². The Labute approximate surface area is 176 Å². The number of hydrogen-bond acceptors (Lipinski definition) is 6. The van der Waals surface area contributed by atoms with Gasteiger partial charge in [-0.15, -0.1) is 5.10 Å². The van der Waals surface area contributed by atoms with E-state index in [1.165, 1.54) is 6.07 Å². The summed E-state index contributed by atoms with van der Waals surface area (Å²) >= 11 is 0. The van der Waals surface area contributed by atoms with Crippen LogP contribution >= 0.6 is 0 Å². The van der Waals surface area contributed by atoms with Crippen LogP contribution in [0, 0.1) is 0 Å². The third-order valence-electron chi connectivity index (χ3n) is 4.18. The fraction of sp³-hybridized carbons (Fsp3) is 0.286. The molecule has 0 aliphatic carbocycles. The van der Waals surface area contributed by atoms with Crippen molar-refractivity contribution in [2.75, 3.05) is 13.2 Å². The van der Waals surface area contributed by atoms with Crippen molar-refractivity contribution in [1.82, 2.24) is 15.4 Å². The lowest BCUT2D eigenvalue weighted by molar-refractivity contribution is -0.137. The first-order chi connectivity index (χ1) is 14.8. The molecule has 0 unspecified atom stereocenters. The van der Waals surface area contributed by atoms with Crippen molar-refractivity contribution in [1.29, 1.82) is 0 Å². The largest absolute Gasteiger partial charge is 0.490 e. The molecule has 0 saturated heterocycles. The number of aromatic amines is 1. The van der Waals surface area contributed by atoms with E-state index in [1.54, 1.807) is 38.1 Å². The van der Waals surface area contributed by atoms with Crippen molar-refractivity contribution < 1.29 is 32.2 Å². The average molecular weight is 435 g/mol. The highest BCUT2D eigenvalue weighted by atomic mass is 19.4. The molecule has 2 aromatic carbocycles. The summed E-state index contributed by atoms with van der Waals surface area (Å²) in [6.45, 7) is 3.90. The predicted molar refractivity (Wildman–Crippen MR) is 105 cm³/mol. The molecule has 1 aromatic heterocycles. The fourth-order valence-electron chi connectivity index (χ4n) is 2.82. The molecular weight excluding hydrogens is 415 g/mol. The Bertz CT molecular complexity index is 1050. The molecule has 164 valence electrons. The summed E-state index contributed by atoms with van der Waals surface area (Å²) < 4.78 is 55.0. The number of carbonyl (C=O) groups is 1. The number of H-pyrrole nitrogens is 1. The SMILES string of the molecule is CCOC(=O)c1n[nH]nc1-c1ccc(OCc2cccc(C(F)(F)F)c2)c(OCC)c1. The van der Waals surface area contributed by atoms with Crippen LogP contribution < -0.4 is 9.47 Å². The zero-order chi connectivity index (χ0) is 22.4. The molecule has 0 aliphatic heterocycles. The van der Waals surface area contributed by atoms with E-state index < -0.39 is 17.7 Å². The van der Waals surface area contributed by atoms with Crippen LogP contribution in [0.15, 0.2) is 42.5 Å². The van der Waals surface area contributed by atoms with E-state index in [9.17, 15) is 18.0 Å². The normalized spacial score (nSPS) is 11.3. The fourth-order valence-corrected chi connectivity index (χ4v) is 2.82. The van der Waals surface area contributed by atoms with E-state index >= 15 is 0 Å². The van der Waals surface area contributed by atoms with Crippen molar-refractivity contribution in [3.05, 3.63) is 59.3 Å². The molecule has 0 bridgehead atoms. The lowest BCUT2D eigenvalue weighted by Crippen LogP contribution is -2.07. The minimum Gasteiger partial charge on any atom is -0.490 e. The lowest BCUT2D eigenvalue weighted by Gasteiger charge is -2.14. The number of halogens is 3. The molecule has 0 saturated carbocycles. The van der Waals surface area contributed by atoms with E-state index in [-0.39, 0.29) is 24.6 Å². The topological polar surface area (TPSA) is 86.3 Å². The summed E-state index contributed by atoms with van der Waals surface area (Å²) in [5.74, 6) is 0.0723. The second kappa shape index (κ2) is 9.50. The van der Waals surface area contributed by atoms with Crippen molar-refractivity contribution in [3.8, 4) is 22.8 Å². The molecule has 1 heterocycles. The van der Waals surface area contributed by atoms with Crippen LogP contribution in [0.3, 0.4) is 0 Å². The highest BCUT2D eigenvalue weighted by Gasteiger charge is 2.30. The first-order valence-corrected chi connectivity index (χ1v) is 9.47. The standard InChI is InChI=1S/C21H20F3N3O4/c1-3-29-17-11-14(18-19(26-27-25-18)20(28)30-4-2)8-9-16(17)31-12-13-6-5-7-15(10-13)21(22,23)24/h5-11H,3-4,12H2,1-2H3,(H,25,26,27). The minimum absolute atomic E-state index is 0.0296. The highest BCUT2D eigenvalue weighted by molar-refractivity contribution is 5.94. The molecule has 3 rings (SSSR count). The summed E-state index contributed by atoms with van der Waals surface area (Å²) in [4.78, 5) is 12.1. The molecule has 0 fully saturated rings. The van der Waals surface area contributed by atoms with Crippen LogP contribution in [-0.4, -0.2) is 34.6 Å². The van der Waals surface area contributed by atoms with Gasteiger partial charge in [0, 0.05) is 5.56 Å². The number of aromatic nitrogens is 3. The van der Waals surface area contributed by atoms with E-state index in [0.29, 0.717) is 29.2 Å². The predicted octanol–water partition coefficient (Wildman–Crippen LogP) is 4.64. The Balaban J connectivity index is 1.84. The van der Waals surface area contributed by atoms with Crippen molar-refractivity contribution in [2.24, 2.45) is 0 Å². The summed E-state index contributed by atoms with van der Waals surface area (Å²) in [6.07, 6.45) is -4.43. The van der Waals surface area contributed by atoms with Crippen LogP contribution in [0.1, 0.15) is 35.5 Å². The molecule has 0 aliphatic rings. The first kappa shape index (κ1) is 22.1. The second-order valence-electron chi connectivity index (χ2n) is 6.32. The quantitative estimate of drug-likeness (QED) is 0.519. The Morgan fingerprint density at radius 2 is 1.81 bits per heavy atom. The van der Waals surface area contributed by atoms with E-state index in [2.05, 4.69) is 15.4 Å². The van der Waals surface area contributed by atoms with Gasteiger partial charge < -0.3 is 14.2 Å². The Morgan fingerprint density at radius 1 is 1.00 bits per heavy atom. The summed E-state index contributed by atoms with van der Waals surface area (Å²) in [5, 5.41) is 10.2. The van der Waals surface area contributed by atoms with Gasteiger partial charge in [0.1, 0.15) is 12.3 Å². The Kier molecular flexibility index (Phi) is 6.78. The molecule has 0 atom stereocenters. The average Bonchev–Trinajstić information content (AvgIpc) is 3.23. The van der Waals surface area contributed by atoms with Gasteiger partial charge in [0.25, 0.3) is 0 Å². The third kappa shape index (κ3) is 5.33. The Hall–Kier alpha value is -3.56. The molecule has 10 heteroatoms. The van der Waals surface area contributed by atoms with Crippen LogP contribution in [0.25, 0.3) is 11.3 Å². The van der Waals surface area contributed by atoms with Crippen LogP contribution in [0.2, 0.25) is 0 Å². The highest BCUT2D eigenvalue weighted by Crippen LogP contribution is 2.34. The van der Waals surface area contributed by atoms with Gasteiger partial charge in [0.05, 0.1) is 18.8 Å². The molecular formula is C21H20F3N3O4. The van der Waals surface area contributed by atoms with Gasteiger partial charge in [-0.05, 0) is 49.7 Å². The maximum Gasteiger partial charge on any atom is 0.416 e. The van der Waals surface area contributed by atoms with Gasteiger partial charge in [-0.25, -0.2) is 4.79 Å². The maximum absolute atomic E-state index is 12.9. The number of ether oxygens (including phenoxy) is 3. The Morgan fingerprint density at radius 3 is 2.52 bits per heavy atom. The molecule has 3 aromatic rings. The van der Waals surface area contributed by atoms with Gasteiger partial charge in [-0.3, -0.25) is 0 Å². The number of hydrogen-bond donors (Lipinski definition) is 1. The van der Waals surface area contributed by atoms with Crippen LogP contribution in [-0.2, 0) is 17.5 Å².